The lowest BCUT2D eigenvalue weighted by molar-refractivity contribution is 0.151. The molecule has 0 spiro atoms. The minimum atomic E-state index is -0.825. The van der Waals surface area contributed by atoms with Gasteiger partial charge < -0.3 is 25.9 Å². The first kappa shape index (κ1) is 12.2. The Bertz CT molecular complexity index is 579. The number of aliphatic hydroxyl groups is 1. The standard InChI is InChI=1S/C11H14N4O3/c12-7-1-2-9-8(5-7)14-10(6-16)15(9)3-4-18-11(13)17/h1-2,5,16H,3-4,6,12H2,(H2,13,17). The molecule has 0 bridgehead atoms. The van der Waals surface area contributed by atoms with Crippen molar-refractivity contribution in [2.24, 2.45) is 5.73 Å². The Labute approximate surface area is 103 Å². The van der Waals surface area contributed by atoms with E-state index >= 15 is 0 Å². The molecule has 0 fully saturated rings. The Hall–Kier alpha value is -2.28. The van der Waals surface area contributed by atoms with Crippen LogP contribution >= 0.6 is 0 Å². The molecular weight excluding hydrogens is 236 g/mol. The first-order chi connectivity index (χ1) is 8.61. The van der Waals surface area contributed by atoms with Crippen LogP contribution in [0, 0.1) is 0 Å². The second-order valence-corrected chi connectivity index (χ2v) is 3.75. The summed E-state index contributed by atoms with van der Waals surface area (Å²) in [7, 11) is 0. The van der Waals surface area contributed by atoms with Gasteiger partial charge in [0.2, 0.25) is 0 Å². The maximum atomic E-state index is 10.5. The number of carbonyl (C=O) groups excluding carboxylic acids is 1. The molecule has 0 aliphatic rings. The lowest BCUT2D eigenvalue weighted by Gasteiger charge is -2.07. The van der Waals surface area contributed by atoms with Crippen LogP contribution in [0.2, 0.25) is 0 Å². The molecule has 96 valence electrons. The number of nitrogens with two attached hydrogens (primary N) is 2. The lowest BCUT2D eigenvalue weighted by atomic mass is 10.3. The van der Waals surface area contributed by atoms with E-state index in [1.54, 1.807) is 22.8 Å². The topological polar surface area (TPSA) is 116 Å². The number of anilines is 1. The van der Waals surface area contributed by atoms with Crippen molar-refractivity contribution in [3.63, 3.8) is 0 Å². The number of nitrogens with zero attached hydrogens (tertiary/aromatic N) is 2. The van der Waals surface area contributed by atoms with Crippen LogP contribution in [0.4, 0.5) is 10.5 Å². The number of carbonyl (C=O) groups is 1. The molecule has 0 aliphatic carbocycles. The number of imidazole rings is 1. The summed E-state index contributed by atoms with van der Waals surface area (Å²) in [5.74, 6) is 0.490. The van der Waals surface area contributed by atoms with Gasteiger partial charge in [-0.15, -0.1) is 0 Å². The van der Waals surface area contributed by atoms with Crippen molar-refractivity contribution in [2.45, 2.75) is 13.2 Å². The number of aliphatic hydroxyl groups excluding tert-OH is 1. The Kier molecular flexibility index (Phi) is 3.33. The van der Waals surface area contributed by atoms with Gasteiger partial charge in [0.05, 0.1) is 17.6 Å². The third kappa shape index (κ3) is 2.35. The fourth-order valence-corrected chi connectivity index (χ4v) is 1.80. The van der Waals surface area contributed by atoms with E-state index in [1.165, 1.54) is 0 Å². The predicted molar refractivity (Wildman–Crippen MR) is 65.6 cm³/mol. The monoisotopic (exact) mass is 250 g/mol. The number of amides is 1. The highest BCUT2D eigenvalue weighted by atomic mass is 16.5. The van der Waals surface area contributed by atoms with E-state index in [0.717, 1.165) is 5.52 Å². The number of hydrogen-bond donors (Lipinski definition) is 3. The van der Waals surface area contributed by atoms with Gasteiger partial charge in [0.15, 0.2) is 0 Å². The smallest absolute Gasteiger partial charge is 0.404 e. The SMILES string of the molecule is NC(=O)OCCn1c(CO)nc2cc(N)ccc21. The minimum absolute atomic E-state index is 0.123. The van der Waals surface area contributed by atoms with Crippen LogP contribution in [0.15, 0.2) is 18.2 Å². The first-order valence-corrected chi connectivity index (χ1v) is 5.39. The molecule has 0 unspecified atom stereocenters. The van der Waals surface area contributed by atoms with Gasteiger partial charge in [0.25, 0.3) is 0 Å². The Morgan fingerprint density at radius 3 is 2.94 bits per heavy atom. The average molecular weight is 250 g/mol. The van der Waals surface area contributed by atoms with Crippen LogP contribution in [0.3, 0.4) is 0 Å². The molecule has 18 heavy (non-hydrogen) atoms. The predicted octanol–water partition coefficient (Wildman–Crippen LogP) is 0.206. The summed E-state index contributed by atoms with van der Waals surface area (Å²) in [4.78, 5) is 14.8. The summed E-state index contributed by atoms with van der Waals surface area (Å²) < 4.78 is 6.43. The number of ether oxygens (including phenoxy) is 1. The van der Waals surface area contributed by atoms with Gasteiger partial charge in [-0.3, -0.25) is 0 Å². The highest BCUT2D eigenvalue weighted by Crippen LogP contribution is 2.19. The van der Waals surface area contributed by atoms with Gasteiger partial charge in [-0.1, -0.05) is 0 Å². The number of benzene rings is 1. The Balaban J connectivity index is 2.31. The zero-order valence-corrected chi connectivity index (χ0v) is 9.67. The molecule has 5 N–H and O–H groups in total. The third-order valence-corrected chi connectivity index (χ3v) is 2.55. The van der Waals surface area contributed by atoms with Crippen molar-refractivity contribution in [3.8, 4) is 0 Å². The maximum Gasteiger partial charge on any atom is 0.404 e. The van der Waals surface area contributed by atoms with Crippen LogP contribution in [-0.2, 0) is 17.9 Å². The zero-order valence-electron chi connectivity index (χ0n) is 9.67. The molecule has 7 heteroatoms. The lowest BCUT2D eigenvalue weighted by Crippen LogP contribution is -2.17. The molecule has 0 radical (unpaired) electrons. The van der Waals surface area contributed by atoms with E-state index in [4.69, 9.17) is 11.5 Å². The molecule has 0 atom stereocenters. The van der Waals surface area contributed by atoms with Crippen molar-refractivity contribution < 1.29 is 14.6 Å². The van der Waals surface area contributed by atoms with Crippen LogP contribution in [-0.4, -0.2) is 27.4 Å². The van der Waals surface area contributed by atoms with Crippen LogP contribution in [0.5, 0.6) is 0 Å². The third-order valence-electron chi connectivity index (χ3n) is 2.55. The van der Waals surface area contributed by atoms with Crippen LogP contribution in [0.1, 0.15) is 5.82 Å². The molecule has 0 saturated heterocycles. The number of primary amides is 1. The van der Waals surface area contributed by atoms with Gasteiger partial charge in [0, 0.05) is 5.69 Å². The van der Waals surface area contributed by atoms with Crippen molar-refractivity contribution in [3.05, 3.63) is 24.0 Å². The summed E-state index contributed by atoms with van der Waals surface area (Å²) in [5, 5.41) is 9.25. The maximum absolute atomic E-state index is 10.5. The summed E-state index contributed by atoms with van der Waals surface area (Å²) in [5.41, 5.74) is 12.7. The summed E-state index contributed by atoms with van der Waals surface area (Å²) in [6, 6.07) is 5.28. The Morgan fingerprint density at radius 1 is 1.50 bits per heavy atom. The van der Waals surface area contributed by atoms with E-state index in [1.807, 2.05) is 0 Å². The molecule has 1 aromatic carbocycles. The number of fused-ring (bicyclic) bond motifs is 1. The zero-order chi connectivity index (χ0) is 13.1. The highest BCUT2D eigenvalue weighted by Gasteiger charge is 2.10. The van der Waals surface area contributed by atoms with Gasteiger partial charge in [-0.25, -0.2) is 9.78 Å². The van der Waals surface area contributed by atoms with E-state index < -0.39 is 6.09 Å². The average Bonchev–Trinajstić information content (AvgIpc) is 2.66. The number of nitrogen functional groups attached to an aromatic ring is 1. The van der Waals surface area contributed by atoms with E-state index in [2.05, 4.69) is 9.72 Å². The first-order valence-electron chi connectivity index (χ1n) is 5.39. The molecular formula is C11H14N4O3. The molecule has 2 aromatic rings. The van der Waals surface area contributed by atoms with E-state index in [9.17, 15) is 9.90 Å². The number of aromatic nitrogens is 2. The van der Waals surface area contributed by atoms with Crippen molar-refractivity contribution in [2.75, 3.05) is 12.3 Å². The van der Waals surface area contributed by atoms with Gasteiger partial charge >= 0.3 is 6.09 Å². The second-order valence-electron chi connectivity index (χ2n) is 3.75. The molecule has 2 rings (SSSR count). The summed E-state index contributed by atoms with van der Waals surface area (Å²) >= 11 is 0. The number of rotatable bonds is 4. The number of hydrogen-bond acceptors (Lipinski definition) is 5. The van der Waals surface area contributed by atoms with Crippen molar-refractivity contribution in [1.29, 1.82) is 0 Å². The van der Waals surface area contributed by atoms with Gasteiger partial charge in [0.1, 0.15) is 19.0 Å². The molecule has 7 nitrogen and oxygen atoms in total. The van der Waals surface area contributed by atoms with Gasteiger partial charge in [-0.05, 0) is 18.2 Å². The van der Waals surface area contributed by atoms with Gasteiger partial charge in [-0.2, -0.15) is 0 Å². The summed E-state index contributed by atoms with van der Waals surface area (Å²) in [6.45, 7) is 0.294. The fraction of sp³-hybridized carbons (Fsp3) is 0.273. The quantitative estimate of drug-likeness (QED) is 0.670. The Morgan fingerprint density at radius 2 is 2.28 bits per heavy atom. The fourth-order valence-electron chi connectivity index (χ4n) is 1.80. The van der Waals surface area contributed by atoms with Crippen LogP contribution < -0.4 is 11.5 Å². The molecule has 0 saturated carbocycles. The minimum Gasteiger partial charge on any atom is -0.448 e. The largest absolute Gasteiger partial charge is 0.448 e. The van der Waals surface area contributed by atoms with Crippen molar-refractivity contribution >= 4 is 22.8 Å². The van der Waals surface area contributed by atoms with E-state index in [0.29, 0.717) is 23.6 Å². The molecule has 1 aromatic heterocycles. The normalized spacial score (nSPS) is 10.7. The molecule has 0 aliphatic heterocycles. The van der Waals surface area contributed by atoms with E-state index in [-0.39, 0.29) is 13.2 Å². The molecule has 1 amide bonds. The molecule has 1 heterocycles. The summed E-state index contributed by atoms with van der Waals surface area (Å²) in [6.07, 6.45) is -0.825. The van der Waals surface area contributed by atoms with Crippen LogP contribution in [0.25, 0.3) is 11.0 Å². The van der Waals surface area contributed by atoms with Crippen molar-refractivity contribution in [1.82, 2.24) is 9.55 Å². The highest BCUT2D eigenvalue weighted by molar-refractivity contribution is 5.79. The second kappa shape index (κ2) is 4.92.